The Balaban J connectivity index is 2.44. The molecule has 0 unspecified atom stereocenters. The summed E-state index contributed by atoms with van der Waals surface area (Å²) in [5, 5.41) is 9.13. The number of hydrogen-bond donors (Lipinski definition) is 1. The van der Waals surface area contributed by atoms with Crippen LogP contribution in [0.3, 0.4) is 0 Å². The fourth-order valence-corrected chi connectivity index (χ4v) is 1.96. The number of hydrogen-bond acceptors (Lipinski definition) is 3. The summed E-state index contributed by atoms with van der Waals surface area (Å²) >= 11 is 0. The Hall–Kier alpha value is -2.23. The number of pyridine rings is 1. The summed E-state index contributed by atoms with van der Waals surface area (Å²) in [5.41, 5.74) is -1.40. The average molecular weight is 298 g/mol. The highest BCUT2D eigenvalue weighted by Gasteiger charge is 2.35. The maximum atomic E-state index is 12.8. The Morgan fingerprint density at radius 3 is 2.62 bits per heavy atom. The second kappa shape index (κ2) is 5.64. The molecule has 1 N–H and O–H groups in total. The van der Waals surface area contributed by atoms with Crippen LogP contribution < -0.4 is 4.90 Å². The third kappa shape index (κ3) is 3.66. The molecule has 1 aliphatic rings. The van der Waals surface area contributed by atoms with Crippen molar-refractivity contribution < 1.29 is 23.1 Å². The summed E-state index contributed by atoms with van der Waals surface area (Å²) in [4.78, 5) is 16.1. The Morgan fingerprint density at radius 1 is 1.48 bits per heavy atom. The molecular weight excluding hydrogens is 285 g/mol. The minimum atomic E-state index is -4.63. The Labute approximate surface area is 119 Å². The molecule has 0 aromatic carbocycles. The van der Waals surface area contributed by atoms with Gasteiger partial charge >= 0.3 is 12.1 Å². The SMILES string of the molecule is C#CCN(CC1CC1)c1nc(C(F)(F)F)ccc1C(=O)O. The number of alkyl halides is 3. The molecule has 1 fully saturated rings. The second-order valence-corrected chi connectivity index (χ2v) is 4.90. The van der Waals surface area contributed by atoms with Crippen molar-refractivity contribution in [2.45, 2.75) is 19.0 Å². The van der Waals surface area contributed by atoms with E-state index >= 15 is 0 Å². The number of rotatable bonds is 5. The van der Waals surface area contributed by atoms with E-state index in [1.807, 2.05) is 0 Å². The fourth-order valence-electron chi connectivity index (χ4n) is 1.96. The van der Waals surface area contributed by atoms with Crippen molar-refractivity contribution in [1.29, 1.82) is 0 Å². The molecule has 1 aromatic heterocycles. The van der Waals surface area contributed by atoms with Crippen LogP contribution in [0.25, 0.3) is 0 Å². The molecule has 0 saturated heterocycles. The van der Waals surface area contributed by atoms with E-state index in [-0.39, 0.29) is 17.9 Å². The number of nitrogens with zero attached hydrogens (tertiary/aromatic N) is 2. The van der Waals surface area contributed by atoms with Gasteiger partial charge in [0.15, 0.2) is 0 Å². The lowest BCUT2D eigenvalue weighted by Crippen LogP contribution is -2.29. The van der Waals surface area contributed by atoms with Gasteiger partial charge in [-0.1, -0.05) is 5.92 Å². The summed E-state index contributed by atoms with van der Waals surface area (Å²) < 4.78 is 38.3. The van der Waals surface area contributed by atoms with Crippen LogP contribution in [0.1, 0.15) is 28.9 Å². The van der Waals surface area contributed by atoms with E-state index < -0.39 is 17.8 Å². The topological polar surface area (TPSA) is 53.4 Å². The van der Waals surface area contributed by atoms with Crippen LogP contribution in [0.5, 0.6) is 0 Å². The molecule has 0 aliphatic heterocycles. The molecule has 1 aliphatic carbocycles. The van der Waals surface area contributed by atoms with Crippen LogP contribution in [0.2, 0.25) is 0 Å². The van der Waals surface area contributed by atoms with Crippen molar-refractivity contribution >= 4 is 11.8 Å². The minimum Gasteiger partial charge on any atom is -0.478 e. The zero-order chi connectivity index (χ0) is 15.6. The Morgan fingerprint density at radius 2 is 2.14 bits per heavy atom. The highest BCUT2D eigenvalue weighted by Crippen LogP contribution is 2.34. The van der Waals surface area contributed by atoms with Crippen molar-refractivity contribution in [2.24, 2.45) is 5.92 Å². The molecule has 2 rings (SSSR count). The summed E-state index contributed by atoms with van der Waals surface area (Å²) in [6.45, 7) is 0.434. The molecule has 0 amide bonds. The molecule has 1 heterocycles. The lowest BCUT2D eigenvalue weighted by Gasteiger charge is -2.23. The van der Waals surface area contributed by atoms with Gasteiger partial charge in [-0.3, -0.25) is 0 Å². The number of aromatic carboxylic acids is 1. The van der Waals surface area contributed by atoms with Gasteiger partial charge in [0.1, 0.15) is 17.1 Å². The van der Waals surface area contributed by atoms with Gasteiger partial charge in [-0.05, 0) is 30.9 Å². The van der Waals surface area contributed by atoms with Crippen molar-refractivity contribution in [3.8, 4) is 12.3 Å². The van der Waals surface area contributed by atoms with Crippen LogP contribution in [-0.4, -0.2) is 29.1 Å². The zero-order valence-corrected chi connectivity index (χ0v) is 11.0. The highest BCUT2D eigenvalue weighted by molar-refractivity contribution is 5.93. The monoisotopic (exact) mass is 298 g/mol. The van der Waals surface area contributed by atoms with Gasteiger partial charge in [-0.25, -0.2) is 9.78 Å². The van der Waals surface area contributed by atoms with E-state index in [4.69, 9.17) is 11.5 Å². The van der Waals surface area contributed by atoms with E-state index in [0.29, 0.717) is 18.5 Å². The first-order valence-corrected chi connectivity index (χ1v) is 6.33. The molecule has 0 atom stereocenters. The molecule has 0 bridgehead atoms. The Bertz CT molecular complexity index is 589. The van der Waals surface area contributed by atoms with Gasteiger partial charge in [0.2, 0.25) is 0 Å². The van der Waals surface area contributed by atoms with Gasteiger partial charge in [0, 0.05) is 6.54 Å². The maximum absolute atomic E-state index is 12.8. The molecule has 0 radical (unpaired) electrons. The predicted octanol–water partition coefficient (Wildman–Crippen LogP) is 2.65. The van der Waals surface area contributed by atoms with Crippen molar-refractivity contribution in [2.75, 3.05) is 18.0 Å². The van der Waals surface area contributed by atoms with Crippen LogP contribution in [0.4, 0.5) is 19.0 Å². The van der Waals surface area contributed by atoms with Crippen LogP contribution in [0.15, 0.2) is 12.1 Å². The average Bonchev–Trinajstić information content (AvgIpc) is 3.20. The lowest BCUT2D eigenvalue weighted by molar-refractivity contribution is -0.141. The third-order valence-electron chi connectivity index (χ3n) is 3.15. The number of anilines is 1. The van der Waals surface area contributed by atoms with Crippen LogP contribution in [-0.2, 0) is 6.18 Å². The van der Waals surface area contributed by atoms with E-state index in [9.17, 15) is 18.0 Å². The molecule has 0 spiro atoms. The molecular formula is C14H13F3N2O2. The van der Waals surface area contributed by atoms with Crippen LogP contribution in [0, 0.1) is 18.3 Å². The van der Waals surface area contributed by atoms with Gasteiger partial charge in [0.05, 0.1) is 6.54 Å². The van der Waals surface area contributed by atoms with E-state index in [2.05, 4.69) is 10.9 Å². The van der Waals surface area contributed by atoms with E-state index in [0.717, 1.165) is 18.9 Å². The maximum Gasteiger partial charge on any atom is 0.433 e. The number of aromatic nitrogens is 1. The predicted molar refractivity (Wildman–Crippen MR) is 70.0 cm³/mol. The summed E-state index contributed by atoms with van der Waals surface area (Å²) in [7, 11) is 0. The Kier molecular flexibility index (Phi) is 4.07. The molecule has 1 saturated carbocycles. The van der Waals surface area contributed by atoms with Crippen molar-refractivity contribution in [3.05, 3.63) is 23.4 Å². The van der Waals surface area contributed by atoms with E-state index in [1.165, 1.54) is 4.90 Å². The normalized spacial score (nSPS) is 14.6. The fraction of sp³-hybridized carbons (Fsp3) is 0.429. The number of halogens is 3. The highest BCUT2D eigenvalue weighted by atomic mass is 19.4. The van der Waals surface area contributed by atoms with Crippen molar-refractivity contribution in [1.82, 2.24) is 4.98 Å². The second-order valence-electron chi connectivity index (χ2n) is 4.90. The lowest BCUT2D eigenvalue weighted by atomic mass is 10.2. The summed E-state index contributed by atoms with van der Waals surface area (Å²) in [6, 6.07) is 1.59. The first-order chi connectivity index (χ1) is 9.82. The molecule has 4 nitrogen and oxygen atoms in total. The number of carboxylic acid groups (broad SMARTS) is 1. The molecule has 21 heavy (non-hydrogen) atoms. The first kappa shape index (κ1) is 15.2. The first-order valence-electron chi connectivity index (χ1n) is 6.33. The summed E-state index contributed by atoms with van der Waals surface area (Å²) in [5.74, 6) is 1.12. The van der Waals surface area contributed by atoms with Gasteiger partial charge in [-0.2, -0.15) is 13.2 Å². The quantitative estimate of drug-likeness (QED) is 0.849. The molecule has 1 aromatic rings. The van der Waals surface area contributed by atoms with Crippen molar-refractivity contribution in [3.63, 3.8) is 0 Å². The van der Waals surface area contributed by atoms with Gasteiger partial charge < -0.3 is 10.0 Å². The third-order valence-corrected chi connectivity index (χ3v) is 3.15. The smallest absolute Gasteiger partial charge is 0.433 e. The minimum absolute atomic E-state index is 0.0189. The number of carbonyl (C=O) groups is 1. The van der Waals surface area contributed by atoms with E-state index in [1.54, 1.807) is 0 Å². The number of carboxylic acids is 1. The van der Waals surface area contributed by atoms with Crippen LogP contribution >= 0.6 is 0 Å². The van der Waals surface area contributed by atoms with Gasteiger partial charge in [0.25, 0.3) is 0 Å². The zero-order valence-electron chi connectivity index (χ0n) is 11.0. The summed E-state index contributed by atoms with van der Waals surface area (Å²) in [6.07, 6.45) is 2.51. The van der Waals surface area contributed by atoms with Gasteiger partial charge in [-0.15, -0.1) is 6.42 Å². The number of terminal acetylenes is 1. The molecule has 7 heteroatoms. The standard InChI is InChI=1S/C14H13F3N2O2/c1-2-7-19(8-9-3-4-9)12-10(13(20)21)5-6-11(18-12)14(15,16)17/h1,5-6,9H,3-4,7-8H2,(H,20,21). The molecule has 112 valence electrons. The largest absolute Gasteiger partial charge is 0.478 e.